The summed E-state index contributed by atoms with van der Waals surface area (Å²) < 4.78 is 0. The molecule has 4 rings (SSSR count). The highest BCUT2D eigenvalue weighted by Gasteiger charge is 2.19. The number of hydrogen-bond acceptors (Lipinski definition) is 2. The summed E-state index contributed by atoms with van der Waals surface area (Å²) in [5, 5.41) is 13.6. The van der Waals surface area contributed by atoms with Gasteiger partial charge < -0.3 is 0 Å². The summed E-state index contributed by atoms with van der Waals surface area (Å²) in [5.74, 6) is 0. The van der Waals surface area contributed by atoms with Crippen molar-refractivity contribution < 1.29 is 0 Å². The quantitative estimate of drug-likeness (QED) is 0.541. The lowest BCUT2D eigenvalue weighted by Gasteiger charge is -2.24. The van der Waals surface area contributed by atoms with Crippen molar-refractivity contribution in [1.82, 2.24) is 15.5 Å². The monoisotopic (exact) mass is 327 g/mol. The fraction of sp³-hybridized carbons (Fsp3) is 0.136. The molecule has 124 valence electrons. The number of nitrogens with one attached hydrogen (secondary N) is 2. The minimum atomic E-state index is 0.0673. The van der Waals surface area contributed by atoms with Gasteiger partial charge in [-0.15, -0.1) is 0 Å². The first-order valence-corrected chi connectivity index (χ1v) is 8.61. The van der Waals surface area contributed by atoms with Gasteiger partial charge in [-0.3, -0.25) is 10.4 Å². The number of aromatic nitrogens is 2. The summed E-state index contributed by atoms with van der Waals surface area (Å²) in [7, 11) is 0. The van der Waals surface area contributed by atoms with Crippen molar-refractivity contribution in [2.45, 2.75) is 19.0 Å². The number of nitrogens with zero attached hydrogens (tertiary/aromatic N) is 1. The number of aromatic amines is 1. The molecule has 2 unspecified atom stereocenters. The Morgan fingerprint density at radius 3 is 2.40 bits per heavy atom. The standard InChI is InChI=1S/C22H21N3/c1-16(19-13-7-11-17-8-5-6-12-20(17)19)24-22(21-14-15-23-25-21)18-9-3-2-4-10-18/h2-16,22,24H,1H3,(H,23,25). The van der Waals surface area contributed by atoms with Crippen LogP contribution in [0.2, 0.25) is 0 Å². The summed E-state index contributed by atoms with van der Waals surface area (Å²) in [6.07, 6.45) is 1.80. The van der Waals surface area contributed by atoms with Crippen LogP contribution in [0.5, 0.6) is 0 Å². The van der Waals surface area contributed by atoms with Gasteiger partial charge in [0.2, 0.25) is 0 Å². The zero-order valence-corrected chi connectivity index (χ0v) is 14.2. The molecule has 0 aliphatic heterocycles. The Hall–Kier alpha value is -2.91. The fourth-order valence-corrected chi connectivity index (χ4v) is 3.41. The van der Waals surface area contributed by atoms with E-state index in [1.807, 2.05) is 12.1 Å². The van der Waals surface area contributed by atoms with Crippen LogP contribution in [0.4, 0.5) is 0 Å². The highest BCUT2D eigenvalue weighted by Crippen LogP contribution is 2.28. The van der Waals surface area contributed by atoms with Crippen LogP contribution in [0.1, 0.15) is 35.8 Å². The molecule has 0 amide bonds. The van der Waals surface area contributed by atoms with E-state index < -0.39 is 0 Å². The molecule has 0 saturated heterocycles. The van der Waals surface area contributed by atoms with E-state index in [-0.39, 0.29) is 12.1 Å². The molecular weight excluding hydrogens is 306 g/mol. The van der Waals surface area contributed by atoms with Gasteiger partial charge in [0.05, 0.1) is 11.7 Å². The van der Waals surface area contributed by atoms with Gasteiger partial charge >= 0.3 is 0 Å². The predicted molar refractivity (Wildman–Crippen MR) is 102 cm³/mol. The first-order valence-electron chi connectivity index (χ1n) is 8.61. The maximum absolute atomic E-state index is 4.13. The Labute approximate surface area is 147 Å². The van der Waals surface area contributed by atoms with Gasteiger partial charge in [0.1, 0.15) is 0 Å². The smallest absolute Gasteiger partial charge is 0.0750 e. The highest BCUT2D eigenvalue weighted by molar-refractivity contribution is 5.86. The molecule has 0 radical (unpaired) electrons. The van der Waals surface area contributed by atoms with Crippen LogP contribution in [0.15, 0.2) is 85.1 Å². The van der Waals surface area contributed by atoms with Gasteiger partial charge in [0, 0.05) is 12.2 Å². The number of H-pyrrole nitrogens is 1. The number of benzene rings is 3. The molecule has 2 atom stereocenters. The fourth-order valence-electron chi connectivity index (χ4n) is 3.41. The van der Waals surface area contributed by atoms with E-state index >= 15 is 0 Å². The molecule has 0 spiro atoms. The van der Waals surface area contributed by atoms with Crippen LogP contribution in [-0.4, -0.2) is 10.2 Å². The number of hydrogen-bond donors (Lipinski definition) is 2. The van der Waals surface area contributed by atoms with Crippen molar-refractivity contribution in [3.05, 3.63) is 102 Å². The topological polar surface area (TPSA) is 40.7 Å². The Balaban J connectivity index is 1.70. The van der Waals surface area contributed by atoms with Gasteiger partial charge in [0.25, 0.3) is 0 Å². The molecule has 4 aromatic rings. The third kappa shape index (κ3) is 3.19. The summed E-state index contributed by atoms with van der Waals surface area (Å²) in [6, 6.07) is 27.8. The zero-order valence-electron chi connectivity index (χ0n) is 14.2. The van der Waals surface area contributed by atoms with Gasteiger partial charge in [-0.2, -0.15) is 5.10 Å². The van der Waals surface area contributed by atoms with E-state index in [0.717, 1.165) is 5.69 Å². The summed E-state index contributed by atoms with van der Waals surface area (Å²) in [6.45, 7) is 2.22. The first kappa shape index (κ1) is 15.6. The van der Waals surface area contributed by atoms with Crippen LogP contribution < -0.4 is 5.32 Å². The Kier molecular flexibility index (Phi) is 4.32. The van der Waals surface area contributed by atoms with E-state index in [4.69, 9.17) is 0 Å². The zero-order chi connectivity index (χ0) is 17.1. The van der Waals surface area contributed by atoms with Crippen molar-refractivity contribution in [3.63, 3.8) is 0 Å². The lowest BCUT2D eigenvalue weighted by atomic mass is 9.97. The Bertz CT molecular complexity index is 940. The first-order chi connectivity index (χ1) is 12.3. The van der Waals surface area contributed by atoms with E-state index in [0.29, 0.717) is 0 Å². The molecule has 25 heavy (non-hydrogen) atoms. The third-order valence-corrected chi connectivity index (χ3v) is 4.67. The number of fused-ring (bicyclic) bond motifs is 1. The number of rotatable bonds is 5. The SMILES string of the molecule is CC(NC(c1ccccc1)c1ccn[nH]1)c1cccc2ccccc12. The lowest BCUT2D eigenvalue weighted by Crippen LogP contribution is -2.26. The van der Waals surface area contributed by atoms with Gasteiger partial charge in [0.15, 0.2) is 0 Å². The van der Waals surface area contributed by atoms with E-state index in [9.17, 15) is 0 Å². The minimum Gasteiger partial charge on any atom is -0.298 e. The predicted octanol–water partition coefficient (Wildman–Crippen LogP) is 5.00. The molecule has 0 bridgehead atoms. The maximum atomic E-state index is 4.13. The highest BCUT2D eigenvalue weighted by atomic mass is 15.1. The minimum absolute atomic E-state index is 0.0673. The van der Waals surface area contributed by atoms with Crippen molar-refractivity contribution in [3.8, 4) is 0 Å². The van der Waals surface area contributed by atoms with Crippen LogP contribution in [0.3, 0.4) is 0 Å². The Morgan fingerprint density at radius 1 is 0.840 bits per heavy atom. The molecular formula is C22H21N3. The molecule has 0 aliphatic carbocycles. The molecule has 0 saturated carbocycles. The molecule has 1 heterocycles. The van der Waals surface area contributed by atoms with Gasteiger partial charge in [-0.1, -0.05) is 72.8 Å². The van der Waals surface area contributed by atoms with Crippen LogP contribution in [0, 0.1) is 0 Å². The largest absolute Gasteiger partial charge is 0.298 e. The normalized spacial score (nSPS) is 13.6. The van der Waals surface area contributed by atoms with E-state index in [2.05, 4.69) is 89.2 Å². The molecule has 3 heteroatoms. The molecule has 0 fully saturated rings. The molecule has 0 aliphatic rings. The lowest BCUT2D eigenvalue weighted by molar-refractivity contribution is 0.510. The van der Waals surface area contributed by atoms with Crippen LogP contribution in [0.25, 0.3) is 10.8 Å². The molecule has 3 aromatic carbocycles. The van der Waals surface area contributed by atoms with Crippen molar-refractivity contribution in [1.29, 1.82) is 0 Å². The molecule has 3 nitrogen and oxygen atoms in total. The van der Waals surface area contributed by atoms with Crippen molar-refractivity contribution >= 4 is 10.8 Å². The molecule has 2 N–H and O–H groups in total. The van der Waals surface area contributed by atoms with Crippen LogP contribution >= 0.6 is 0 Å². The third-order valence-electron chi connectivity index (χ3n) is 4.67. The van der Waals surface area contributed by atoms with Gasteiger partial charge in [-0.05, 0) is 34.9 Å². The van der Waals surface area contributed by atoms with Crippen LogP contribution in [-0.2, 0) is 0 Å². The van der Waals surface area contributed by atoms with E-state index in [1.165, 1.54) is 21.9 Å². The van der Waals surface area contributed by atoms with Gasteiger partial charge in [-0.25, -0.2) is 0 Å². The maximum Gasteiger partial charge on any atom is 0.0750 e. The summed E-state index contributed by atoms with van der Waals surface area (Å²) >= 11 is 0. The average Bonchev–Trinajstić information content (AvgIpc) is 3.20. The second-order valence-electron chi connectivity index (χ2n) is 6.31. The molecule has 1 aromatic heterocycles. The summed E-state index contributed by atoms with van der Waals surface area (Å²) in [5.41, 5.74) is 3.59. The average molecular weight is 327 g/mol. The Morgan fingerprint density at radius 2 is 1.60 bits per heavy atom. The van der Waals surface area contributed by atoms with Crippen molar-refractivity contribution in [2.75, 3.05) is 0 Å². The second kappa shape index (κ2) is 6.91. The van der Waals surface area contributed by atoms with E-state index in [1.54, 1.807) is 6.20 Å². The second-order valence-corrected chi connectivity index (χ2v) is 6.31. The summed E-state index contributed by atoms with van der Waals surface area (Å²) in [4.78, 5) is 0. The van der Waals surface area contributed by atoms with Crippen molar-refractivity contribution in [2.24, 2.45) is 0 Å².